The van der Waals surface area contributed by atoms with Crippen LogP contribution in [-0.2, 0) is 4.74 Å². The van der Waals surface area contributed by atoms with Crippen molar-refractivity contribution in [3.05, 3.63) is 35.4 Å². The number of hydrogen-bond donors (Lipinski definition) is 1. The lowest BCUT2D eigenvalue weighted by Gasteiger charge is -2.22. The number of aliphatic imine (C=N–C) groups is 1. The monoisotopic (exact) mass is 400 g/mol. The van der Waals surface area contributed by atoms with Crippen LogP contribution in [0.1, 0.15) is 53.3 Å². The number of hydrogen-bond acceptors (Lipinski definition) is 4. The van der Waals surface area contributed by atoms with E-state index >= 15 is 0 Å². The fraction of sp³-hybridized carbons (Fsp3) is 0.591. The largest absolute Gasteiger partial charge is 0.379 e. The summed E-state index contributed by atoms with van der Waals surface area (Å²) in [6, 6.07) is 7.01. The minimum atomic E-state index is -0.187. The van der Waals surface area contributed by atoms with Gasteiger partial charge in [-0.15, -0.1) is 0 Å². The highest BCUT2D eigenvalue weighted by atomic mass is 16.5. The summed E-state index contributed by atoms with van der Waals surface area (Å²) in [5, 5.41) is 3.30. The molecule has 0 unspecified atom stereocenters. The molecule has 7 heteroatoms. The molecule has 7 nitrogen and oxygen atoms in total. The Labute approximate surface area is 173 Å². The topological polar surface area (TPSA) is 74.2 Å². The molecule has 2 amide bonds. The van der Waals surface area contributed by atoms with E-state index in [9.17, 15) is 9.59 Å². The lowest BCUT2D eigenvalue weighted by molar-refractivity contribution is 0.0652. The lowest BCUT2D eigenvalue weighted by Crippen LogP contribution is -2.40. The molecule has 1 N–H and O–H groups in total. The van der Waals surface area contributed by atoms with Gasteiger partial charge < -0.3 is 15.0 Å². The van der Waals surface area contributed by atoms with Crippen molar-refractivity contribution in [1.29, 1.82) is 0 Å². The van der Waals surface area contributed by atoms with Crippen molar-refractivity contribution in [1.82, 2.24) is 15.1 Å². The molecule has 1 aromatic rings. The van der Waals surface area contributed by atoms with Crippen molar-refractivity contribution < 1.29 is 14.3 Å². The molecular weight excluding hydrogens is 368 g/mol. The van der Waals surface area contributed by atoms with Crippen molar-refractivity contribution in [2.45, 2.75) is 32.6 Å². The number of rotatable bonds is 11. The second-order valence-corrected chi connectivity index (χ2v) is 7.69. The number of carbonyl (C=O) groups is 2. The number of nitrogens with zero attached hydrogens (tertiary/aromatic N) is 3. The summed E-state index contributed by atoms with van der Waals surface area (Å²) < 4.78 is 5.71. The molecule has 1 aromatic carbocycles. The Hall–Kier alpha value is -2.41. The summed E-state index contributed by atoms with van der Waals surface area (Å²) >= 11 is 0. The number of unbranched alkanes of at least 4 members (excludes halogenated alkanes) is 1. The van der Waals surface area contributed by atoms with Crippen LogP contribution in [0.15, 0.2) is 29.3 Å². The van der Waals surface area contributed by atoms with Crippen molar-refractivity contribution in [3.8, 4) is 0 Å². The summed E-state index contributed by atoms with van der Waals surface area (Å²) in [5.74, 6) is 1.27. The second kappa shape index (κ2) is 10.4. The number of fused-ring (bicyclic) bond motifs is 1. The maximum atomic E-state index is 12.4. The van der Waals surface area contributed by atoms with E-state index in [1.165, 1.54) is 17.7 Å². The molecule has 0 saturated heterocycles. The Kier molecular flexibility index (Phi) is 7.63. The smallest absolute Gasteiger partial charge is 0.261 e. The number of amides is 2. The van der Waals surface area contributed by atoms with Crippen LogP contribution in [0.5, 0.6) is 0 Å². The molecule has 1 saturated carbocycles. The minimum Gasteiger partial charge on any atom is -0.379 e. The Morgan fingerprint density at radius 3 is 2.52 bits per heavy atom. The normalized spacial score (nSPS) is 16.3. The number of imide groups is 1. The maximum Gasteiger partial charge on any atom is 0.261 e. The second-order valence-electron chi connectivity index (χ2n) is 7.69. The average Bonchev–Trinajstić information content (AvgIpc) is 3.52. The number of nitrogens with one attached hydrogen (secondary N) is 1. The first kappa shape index (κ1) is 21.3. The number of likely N-dealkylation sites (N-methyl/N-ethyl adjacent to an activating group) is 1. The van der Waals surface area contributed by atoms with Gasteiger partial charge in [0.2, 0.25) is 0 Å². The third-order valence-electron chi connectivity index (χ3n) is 5.25. The Morgan fingerprint density at radius 2 is 1.90 bits per heavy atom. The molecule has 1 aliphatic carbocycles. The predicted octanol–water partition coefficient (Wildman–Crippen LogP) is 2.39. The molecule has 0 atom stereocenters. The fourth-order valence-electron chi connectivity index (χ4n) is 3.32. The third-order valence-corrected chi connectivity index (χ3v) is 5.25. The number of carbonyl (C=O) groups excluding carboxylic acids is 2. The number of benzene rings is 1. The van der Waals surface area contributed by atoms with Gasteiger partial charge in [-0.25, -0.2) is 0 Å². The van der Waals surface area contributed by atoms with Gasteiger partial charge in [-0.05, 0) is 50.7 Å². The molecule has 3 rings (SSSR count). The van der Waals surface area contributed by atoms with Gasteiger partial charge in [-0.3, -0.25) is 19.5 Å². The SMILES string of the molecule is CCNC(=NCCCCN1C(=O)c2ccccc2C1=O)N(C)CCOCC1CC1. The molecule has 0 aromatic heterocycles. The van der Waals surface area contributed by atoms with Crippen molar-refractivity contribution in [2.75, 3.05) is 46.4 Å². The summed E-state index contributed by atoms with van der Waals surface area (Å²) in [4.78, 5) is 32.9. The molecule has 1 fully saturated rings. The van der Waals surface area contributed by atoms with Gasteiger partial charge in [-0.1, -0.05) is 12.1 Å². The third kappa shape index (κ3) is 5.79. The molecule has 1 heterocycles. The van der Waals surface area contributed by atoms with Gasteiger partial charge >= 0.3 is 0 Å². The first-order valence-corrected chi connectivity index (χ1v) is 10.6. The fourth-order valence-corrected chi connectivity index (χ4v) is 3.32. The molecule has 0 radical (unpaired) electrons. The van der Waals surface area contributed by atoms with Crippen LogP contribution in [-0.4, -0.2) is 74.0 Å². The van der Waals surface area contributed by atoms with Crippen LogP contribution < -0.4 is 5.32 Å². The zero-order chi connectivity index (χ0) is 20.6. The van der Waals surface area contributed by atoms with E-state index < -0.39 is 0 Å². The van der Waals surface area contributed by atoms with Crippen molar-refractivity contribution >= 4 is 17.8 Å². The molecular formula is C22H32N4O3. The van der Waals surface area contributed by atoms with Crippen LogP contribution in [0, 0.1) is 5.92 Å². The van der Waals surface area contributed by atoms with Crippen LogP contribution in [0.2, 0.25) is 0 Å². The molecule has 1 aliphatic heterocycles. The van der Waals surface area contributed by atoms with Gasteiger partial charge in [0.15, 0.2) is 5.96 Å². The lowest BCUT2D eigenvalue weighted by atomic mass is 10.1. The summed E-state index contributed by atoms with van der Waals surface area (Å²) in [6.07, 6.45) is 4.16. The maximum absolute atomic E-state index is 12.4. The van der Waals surface area contributed by atoms with Crippen LogP contribution in [0.3, 0.4) is 0 Å². The van der Waals surface area contributed by atoms with Crippen LogP contribution in [0.4, 0.5) is 0 Å². The zero-order valence-electron chi connectivity index (χ0n) is 17.5. The van der Waals surface area contributed by atoms with Gasteiger partial charge in [-0.2, -0.15) is 0 Å². The zero-order valence-corrected chi connectivity index (χ0v) is 17.5. The van der Waals surface area contributed by atoms with Crippen LogP contribution >= 0.6 is 0 Å². The molecule has 2 aliphatic rings. The summed E-state index contributed by atoms with van der Waals surface area (Å²) in [6.45, 7) is 6.32. The molecule has 29 heavy (non-hydrogen) atoms. The van der Waals surface area contributed by atoms with E-state index in [2.05, 4.69) is 22.1 Å². The minimum absolute atomic E-state index is 0.187. The summed E-state index contributed by atoms with van der Waals surface area (Å²) in [5.41, 5.74) is 1.02. The average molecular weight is 401 g/mol. The van der Waals surface area contributed by atoms with E-state index in [0.29, 0.717) is 30.8 Å². The molecule has 0 spiro atoms. The van der Waals surface area contributed by atoms with Gasteiger partial charge in [0.1, 0.15) is 0 Å². The highest BCUT2D eigenvalue weighted by Gasteiger charge is 2.34. The molecule has 158 valence electrons. The van der Waals surface area contributed by atoms with Crippen molar-refractivity contribution in [2.24, 2.45) is 10.9 Å². The molecule has 0 bridgehead atoms. The van der Waals surface area contributed by atoms with Crippen LogP contribution in [0.25, 0.3) is 0 Å². The standard InChI is InChI=1S/C22H32N4O3/c1-3-23-22(25(2)14-15-29-16-17-10-11-17)24-12-6-7-13-26-20(27)18-8-4-5-9-19(18)21(26)28/h4-5,8-9,17H,3,6-7,10-16H2,1-2H3,(H,23,24). The van der Waals surface area contributed by atoms with Gasteiger partial charge in [0.05, 0.1) is 17.7 Å². The van der Waals surface area contributed by atoms with Crippen molar-refractivity contribution in [3.63, 3.8) is 0 Å². The van der Waals surface area contributed by atoms with E-state index in [1.807, 2.05) is 7.05 Å². The highest BCUT2D eigenvalue weighted by Crippen LogP contribution is 2.28. The summed E-state index contributed by atoms with van der Waals surface area (Å²) in [7, 11) is 2.01. The first-order valence-electron chi connectivity index (χ1n) is 10.6. The van der Waals surface area contributed by atoms with E-state index in [1.54, 1.807) is 24.3 Å². The first-order chi connectivity index (χ1) is 14.1. The van der Waals surface area contributed by atoms with Gasteiger partial charge in [0, 0.05) is 39.8 Å². The van der Waals surface area contributed by atoms with E-state index in [4.69, 9.17) is 4.74 Å². The Morgan fingerprint density at radius 1 is 1.21 bits per heavy atom. The Balaban J connectivity index is 1.39. The Bertz CT molecular complexity index is 710. The van der Waals surface area contributed by atoms with E-state index in [-0.39, 0.29) is 11.8 Å². The van der Waals surface area contributed by atoms with E-state index in [0.717, 1.165) is 44.4 Å². The number of ether oxygens (including phenoxy) is 1. The quantitative estimate of drug-likeness (QED) is 0.267. The highest BCUT2D eigenvalue weighted by molar-refractivity contribution is 6.21. The van der Waals surface area contributed by atoms with Gasteiger partial charge in [0.25, 0.3) is 11.8 Å². The number of guanidine groups is 1. The predicted molar refractivity (Wildman–Crippen MR) is 113 cm³/mol.